The molecule has 0 aliphatic heterocycles. The van der Waals surface area contributed by atoms with Gasteiger partial charge in [0.1, 0.15) is 23.9 Å². The van der Waals surface area contributed by atoms with Gasteiger partial charge in [-0.15, -0.1) is 0 Å². The van der Waals surface area contributed by atoms with E-state index in [4.69, 9.17) is 25.8 Å². The highest BCUT2D eigenvalue weighted by Crippen LogP contribution is 2.27. The highest BCUT2D eigenvalue weighted by Gasteiger charge is 2.09. The maximum atomic E-state index is 12.4. The molecule has 31 heavy (non-hydrogen) atoms. The fourth-order valence-corrected chi connectivity index (χ4v) is 3.26. The predicted octanol–water partition coefficient (Wildman–Crippen LogP) is 5.46. The number of hydrazone groups is 1. The minimum atomic E-state index is -0.379. The molecular weight excluding hydrogens is 484 g/mol. The third-order valence-electron chi connectivity index (χ3n) is 4.26. The number of rotatable bonds is 8. The van der Waals surface area contributed by atoms with Gasteiger partial charge in [0.15, 0.2) is 0 Å². The van der Waals surface area contributed by atoms with Crippen molar-refractivity contribution in [3.63, 3.8) is 0 Å². The Kier molecular flexibility index (Phi) is 7.92. The number of nitrogens with zero attached hydrogens (tertiary/aromatic N) is 1. The molecule has 6 nitrogen and oxygen atoms in total. The molecule has 0 saturated heterocycles. The van der Waals surface area contributed by atoms with Crippen molar-refractivity contribution < 1.29 is 19.0 Å². The lowest BCUT2D eigenvalue weighted by molar-refractivity contribution is 0.0954. The van der Waals surface area contributed by atoms with Crippen molar-refractivity contribution >= 4 is 39.7 Å². The summed E-state index contributed by atoms with van der Waals surface area (Å²) in [6.07, 6.45) is 1.54. The van der Waals surface area contributed by atoms with Crippen molar-refractivity contribution in [2.45, 2.75) is 6.61 Å². The SMILES string of the molecule is COc1cc(OC)cc(C(=O)N/N=C\c2ccc(OCc3ccc(Cl)cc3)c(Br)c2)c1. The van der Waals surface area contributed by atoms with Gasteiger partial charge in [0.2, 0.25) is 0 Å². The zero-order valence-corrected chi connectivity index (χ0v) is 19.2. The third kappa shape index (κ3) is 6.47. The summed E-state index contributed by atoms with van der Waals surface area (Å²) in [5.74, 6) is 1.35. The zero-order valence-electron chi connectivity index (χ0n) is 16.9. The van der Waals surface area contributed by atoms with E-state index in [2.05, 4.69) is 26.5 Å². The van der Waals surface area contributed by atoms with E-state index in [0.717, 1.165) is 15.6 Å². The fourth-order valence-electron chi connectivity index (χ4n) is 2.62. The lowest BCUT2D eigenvalue weighted by Crippen LogP contribution is -2.17. The van der Waals surface area contributed by atoms with Gasteiger partial charge in [-0.1, -0.05) is 23.7 Å². The summed E-state index contributed by atoms with van der Waals surface area (Å²) in [7, 11) is 3.05. The molecule has 3 rings (SSSR count). The molecule has 1 N–H and O–H groups in total. The highest BCUT2D eigenvalue weighted by atomic mass is 79.9. The number of hydrogen-bond donors (Lipinski definition) is 1. The molecule has 3 aromatic rings. The molecule has 0 saturated carbocycles. The standard InChI is InChI=1S/C23H20BrClN2O4/c1-29-19-10-17(11-20(12-19)30-2)23(28)27-26-13-16-5-8-22(21(24)9-16)31-14-15-3-6-18(25)7-4-15/h3-13H,14H2,1-2H3,(H,27,28)/b26-13-. The Labute approximate surface area is 193 Å². The van der Waals surface area contributed by atoms with E-state index in [1.165, 1.54) is 14.2 Å². The second-order valence-electron chi connectivity index (χ2n) is 6.41. The number of nitrogens with one attached hydrogen (secondary N) is 1. The van der Waals surface area contributed by atoms with Gasteiger partial charge in [-0.05, 0) is 69.5 Å². The number of carbonyl (C=O) groups is 1. The Morgan fingerprint density at radius 2 is 1.71 bits per heavy atom. The number of methoxy groups -OCH3 is 2. The monoisotopic (exact) mass is 502 g/mol. The Morgan fingerprint density at radius 1 is 1.03 bits per heavy atom. The molecule has 0 aliphatic rings. The van der Waals surface area contributed by atoms with Crippen LogP contribution in [0, 0.1) is 0 Å². The van der Waals surface area contributed by atoms with Crippen molar-refractivity contribution in [2.75, 3.05) is 14.2 Å². The van der Waals surface area contributed by atoms with Gasteiger partial charge in [0.25, 0.3) is 5.91 Å². The van der Waals surface area contributed by atoms with Gasteiger partial charge >= 0.3 is 0 Å². The van der Waals surface area contributed by atoms with Crippen LogP contribution in [0.4, 0.5) is 0 Å². The van der Waals surface area contributed by atoms with Crippen LogP contribution in [-0.4, -0.2) is 26.3 Å². The van der Waals surface area contributed by atoms with E-state index in [9.17, 15) is 4.79 Å². The van der Waals surface area contributed by atoms with E-state index < -0.39 is 0 Å². The van der Waals surface area contributed by atoms with Crippen molar-refractivity contribution in [1.29, 1.82) is 0 Å². The minimum absolute atomic E-state index is 0.375. The second-order valence-corrected chi connectivity index (χ2v) is 7.70. The van der Waals surface area contributed by atoms with Gasteiger partial charge < -0.3 is 14.2 Å². The predicted molar refractivity (Wildman–Crippen MR) is 125 cm³/mol. The molecule has 0 aromatic heterocycles. The first-order chi connectivity index (χ1) is 15.0. The van der Waals surface area contributed by atoms with Crippen LogP contribution in [0.1, 0.15) is 21.5 Å². The second kappa shape index (κ2) is 10.8. The van der Waals surface area contributed by atoms with Crippen LogP contribution in [-0.2, 0) is 6.61 Å². The molecule has 0 fully saturated rings. The van der Waals surface area contributed by atoms with E-state index >= 15 is 0 Å². The molecule has 3 aromatic carbocycles. The first-order valence-corrected chi connectivity index (χ1v) is 10.4. The number of hydrogen-bond acceptors (Lipinski definition) is 5. The Hall–Kier alpha value is -3.03. The molecule has 0 atom stereocenters. The normalized spacial score (nSPS) is 10.7. The number of halogens is 2. The van der Waals surface area contributed by atoms with Crippen LogP contribution >= 0.6 is 27.5 Å². The quantitative estimate of drug-likeness (QED) is 0.327. The smallest absolute Gasteiger partial charge is 0.271 e. The lowest BCUT2D eigenvalue weighted by atomic mass is 10.2. The summed E-state index contributed by atoms with van der Waals surface area (Å²) < 4.78 is 17.0. The molecule has 0 aliphatic carbocycles. The van der Waals surface area contributed by atoms with Crippen LogP contribution in [0.3, 0.4) is 0 Å². The molecule has 0 unspecified atom stereocenters. The van der Waals surface area contributed by atoms with Crippen LogP contribution in [0.5, 0.6) is 17.2 Å². The largest absolute Gasteiger partial charge is 0.497 e. The Bertz CT molecular complexity index is 1070. The van der Waals surface area contributed by atoms with Gasteiger partial charge in [-0.25, -0.2) is 5.43 Å². The third-order valence-corrected chi connectivity index (χ3v) is 5.13. The van der Waals surface area contributed by atoms with Gasteiger partial charge in [-0.3, -0.25) is 4.79 Å². The zero-order chi connectivity index (χ0) is 22.2. The maximum absolute atomic E-state index is 12.4. The minimum Gasteiger partial charge on any atom is -0.497 e. The van der Waals surface area contributed by atoms with Gasteiger partial charge in [-0.2, -0.15) is 5.10 Å². The van der Waals surface area contributed by atoms with E-state index in [1.807, 2.05) is 42.5 Å². The van der Waals surface area contributed by atoms with Gasteiger partial charge in [0, 0.05) is 16.7 Å². The van der Waals surface area contributed by atoms with Crippen molar-refractivity contribution in [2.24, 2.45) is 5.10 Å². The first kappa shape index (κ1) is 22.7. The summed E-state index contributed by atoms with van der Waals surface area (Å²) >= 11 is 9.40. The van der Waals surface area contributed by atoms with Crippen molar-refractivity contribution in [3.05, 3.63) is 86.8 Å². The van der Waals surface area contributed by atoms with Crippen LogP contribution in [0.25, 0.3) is 0 Å². The van der Waals surface area contributed by atoms with E-state index in [1.54, 1.807) is 24.4 Å². The van der Waals surface area contributed by atoms with E-state index in [-0.39, 0.29) is 5.91 Å². The first-order valence-electron chi connectivity index (χ1n) is 9.22. The van der Waals surface area contributed by atoms with E-state index in [0.29, 0.717) is 34.4 Å². The molecule has 160 valence electrons. The molecule has 0 spiro atoms. The number of carbonyl (C=O) groups excluding carboxylic acids is 1. The van der Waals surface area contributed by atoms with Crippen LogP contribution < -0.4 is 19.6 Å². The average molecular weight is 504 g/mol. The highest BCUT2D eigenvalue weighted by molar-refractivity contribution is 9.10. The topological polar surface area (TPSA) is 69.2 Å². The molecule has 0 heterocycles. The Balaban J connectivity index is 1.60. The molecule has 0 bridgehead atoms. The maximum Gasteiger partial charge on any atom is 0.271 e. The summed E-state index contributed by atoms with van der Waals surface area (Å²) in [6.45, 7) is 0.420. The van der Waals surface area contributed by atoms with Crippen LogP contribution in [0.2, 0.25) is 5.02 Å². The molecule has 0 radical (unpaired) electrons. The molecular formula is C23H20BrClN2O4. The number of amides is 1. The fraction of sp³-hybridized carbons (Fsp3) is 0.130. The summed E-state index contributed by atoms with van der Waals surface area (Å²) in [6, 6.07) is 17.9. The Morgan fingerprint density at radius 3 is 2.32 bits per heavy atom. The number of benzene rings is 3. The van der Waals surface area contributed by atoms with Crippen LogP contribution in [0.15, 0.2) is 70.2 Å². The number of ether oxygens (including phenoxy) is 3. The summed E-state index contributed by atoms with van der Waals surface area (Å²) in [5, 5.41) is 4.71. The van der Waals surface area contributed by atoms with Crippen molar-refractivity contribution in [3.8, 4) is 17.2 Å². The van der Waals surface area contributed by atoms with Gasteiger partial charge in [0.05, 0.1) is 24.9 Å². The summed E-state index contributed by atoms with van der Waals surface area (Å²) in [5.41, 5.74) is 4.67. The summed E-state index contributed by atoms with van der Waals surface area (Å²) in [4.78, 5) is 12.4. The lowest BCUT2D eigenvalue weighted by Gasteiger charge is -2.09. The molecule has 1 amide bonds. The van der Waals surface area contributed by atoms with Crippen molar-refractivity contribution in [1.82, 2.24) is 5.43 Å². The molecule has 8 heteroatoms. The average Bonchev–Trinajstić information content (AvgIpc) is 2.79.